The van der Waals surface area contributed by atoms with E-state index in [1.165, 1.54) is 13.8 Å². The largest absolute Gasteiger partial charge is 0.508 e. The lowest BCUT2D eigenvalue weighted by molar-refractivity contribution is -0.138. The van der Waals surface area contributed by atoms with Crippen molar-refractivity contribution in [2.45, 2.75) is 117 Å². The van der Waals surface area contributed by atoms with Crippen LogP contribution in [0.25, 0.3) is 10.8 Å². The predicted octanol–water partition coefficient (Wildman–Crippen LogP) is 4.93. The molecule has 1 saturated heterocycles. The fourth-order valence-electron chi connectivity index (χ4n) is 6.09. The first-order valence-corrected chi connectivity index (χ1v) is 21.4. The molecule has 62 heavy (non-hydrogen) atoms. The van der Waals surface area contributed by atoms with Gasteiger partial charge in [-0.1, -0.05) is 76.2 Å². The summed E-state index contributed by atoms with van der Waals surface area (Å²) in [7, 11) is 0. The third-order valence-corrected chi connectivity index (χ3v) is 9.24. The molecule has 2 atom stereocenters. The molecule has 3 aromatic carbocycles. The van der Waals surface area contributed by atoms with Crippen LogP contribution in [0.5, 0.6) is 11.5 Å². The van der Waals surface area contributed by atoms with Crippen LogP contribution in [-0.4, -0.2) is 92.0 Å². The van der Waals surface area contributed by atoms with E-state index in [4.69, 9.17) is 25.7 Å². The van der Waals surface area contributed by atoms with Crippen LogP contribution in [0.15, 0.2) is 72.8 Å². The molecule has 0 radical (unpaired) electrons. The van der Waals surface area contributed by atoms with Gasteiger partial charge in [0.25, 0.3) is 0 Å². The predicted molar refractivity (Wildman–Crippen MR) is 245 cm³/mol. The molecule has 0 unspecified atom stereocenters. The molecule has 344 valence electrons. The molecule has 0 aromatic heterocycles. The van der Waals surface area contributed by atoms with Crippen molar-refractivity contribution in [2.75, 3.05) is 32.9 Å². The Morgan fingerprint density at radius 2 is 1.50 bits per heavy atom. The number of fused-ring (bicyclic) bond motifs is 1. The number of carbonyl (C=O) groups excluding carboxylic acids is 6. The van der Waals surface area contributed by atoms with E-state index in [0.717, 1.165) is 46.6 Å². The minimum Gasteiger partial charge on any atom is -0.508 e. The quantitative estimate of drug-likeness (QED) is 0.0459. The van der Waals surface area contributed by atoms with Crippen molar-refractivity contribution < 1.29 is 43.3 Å². The molecule has 1 aliphatic heterocycles. The van der Waals surface area contributed by atoms with E-state index >= 15 is 0 Å². The van der Waals surface area contributed by atoms with Crippen LogP contribution in [-0.2, 0) is 46.3 Å². The van der Waals surface area contributed by atoms with E-state index in [1.54, 1.807) is 24.3 Å². The molecule has 1 aliphatic rings. The lowest BCUT2D eigenvalue weighted by Gasteiger charge is -2.38. The molecule has 1 heterocycles. The van der Waals surface area contributed by atoms with Gasteiger partial charge in [0.2, 0.25) is 30.0 Å². The molecule has 4 rings (SSSR count). The number of aldehydes is 1. The number of phenolic OH excluding ortho intramolecular Hbond substituents is 1. The summed E-state index contributed by atoms with van der Waals surface area (Å²) in [5.74, 6) is -0.0651. The first kappa shape index (κ1) is 56.2. The molecule has 0 spiro atoms. The van der Waals surface area contributed by atoms with Gasteiger partial charge in [-0.05, 0) is 85.7 Å². The molecule has 0 bridgehead atoms. The maximum atomic E-state index is 13.5. The van der Waals surface area contributed by atoms with Crippen LogP contribution in [0.1, 0.15) is 98.1 Å². The van der Waals surface area contributed by atoms with Gasteiger partial charge in [0.1, 0.15) is 36.0 Å². The van der Waals surface area contributed by atoms with Crippen LogP contribution < -0.4 is 37.5 Å². The maximum Gasteiger partial charge on any atom is 0.246 e. The minimum atomic E-state index is -1.01. The molecule has 9 N–H and O–H groups in total. The summed E-state index contributed by atoms with van der Waals surface area (Å²) in [6, 6.07) is 17.4. The number of rotatable bonds is 20. The summed E-state index contributed by atoms with van der Waals surface area (Å²) in [5, 5.41) is 22.9. The standard InChI is InChI=1S/C29H39N3O5.C12H17N3O3.C2H4O.2C2H6/c1-20(2)26(6-4-5-15-30-21(3)33)31-28(36)29(13-16-37-17-14-29)32-27(35)12-8-22-7-9-24-19-25(34)11-10-23(24)18-22;13-5-6-18-10-3-1-9(2-4-10)7-11(12(14)17)15-8-16;1-2-3;2*1-2/h7,9-11,18-19,26,34H,1,4-6,8,12-17H2,2-3H3,(H,30,33)(H,31,36)(H,32,35);1-4,8,11H,5-7,13H2,(H2,14,17)(H,15,16);2H,1H3;2*1-2H3/t26-;11-;;;/m00.../s1. The third kappa shape index (κ3) is 22.2. The fourth-order valence-corrected chi connectivity index (χ4v) is 6.09. The number of carbonyl (C=O) groups is 6. The van der Waals surface area contributed by atoms with Crippen LogP contribution in [0.2, 0.25) is 0 Å². The first-order valence-electron chi connectivity index (χ1n) is 21.4. The summed E-state index contributed by atoms with van der Waals surface area (Å²) in [6.07, 6.45) is 5.54. The van der Waals surface area contributed by atoms with Crippen LogP contribution in [0.3, 0.4) is 0 Å². The number of aromatic hydroxyl groups is 1. The number of ether oxygens (including phenoxy) is 2. The number of amides is 5. The Kier molecular flexibility index (Phi) is 29.8. The number of benzene rings is 3. The van der Waals surface area contributed by atoms with Gasteiger partial charge in [0.15, 0.2) is 0 Å². The average molecular weight is 865 g/mol. The van der Waals surface area contributed by atoms with Gasteiger partial charge >= 0.3 is 0 Å². The summed E-state index contributed by atoms with van der Waals surface area (Å²) in [4.78, 5) is 67.8. The molecule has 1 fully saturated rings. The van der Waals surface area contributed by atoms with Crippen molar-refractivity contribution in [1.82, 2.24) is 21.3 Å². The number of hydrogen-bond donors (Lipinski definition) is 7. The monoisotopic (exact) mass is 865 g/mol. The summed E-state index contributed by atoms with van der Waals surface area (Å²) < 4.78 is 10.8. The van der Waals surface area contributed by atoms with Crippen LogP contribution >= 0.6 is 0 Å². The first-order chi connectivity index (χ1) is 29.8. The zero-order valence-corrected chi connectivity index (χ0v) is 37.9. The van der Waals surface area contributed by atoms with Gasteiger partial charge in [-0.15, -0.1) is 0 Å². The molecule has 15 nitrogen and oxygen atoms in total. The number of aryl methyl sites for hydroxylation is 1. The Morgan fingerprint density at radius 1 is 0.903 bits per heavy atom. The second kappa shape index (κ2) is 32.9. The SMILES string of the molecule is C=C(C)[C@H](CCCCNC(C)=O)NC(=O)C1(NC(=O)CCc2ccc3cc(O)ccc3c2)CCOCC1.CC.CC.CC=O.NCCOc1ccc(C[C@H](NC=O)C(N)=O)cc1. The Hall–Kier alpha value is -5.80. The summed E-state index contributed by atoms with van der Waals surface area (Å²) >= 11 is 0. The molecular weight excluding hydrogens is 793 g/mol. The van der Waals surface area contributed by atoms with Crippen molar-refractivity contribution in [3.05, 3.63) is 83.9 Å². The Balaban J connectivity index is 0.00000124. The smallest absolute Gasteiger partial charge is 0.246 e. The second-order valence-electron chi connectivity index (χ2n) is 13.9. The van der Waals surface area contributed by atoms with Crippen molar-refractivity contribution in [3.8, 4) is 11.5 Å². The molecule has 0 saturated carbocycles. The Bertz CT molecular complexity index is 1800. The lowest BCUT2D eigenvalue weighted by Crippen LogP contribution is -2.62. The molecule has 3 aromatic rings. The number of hydrogen-bond acceptors (Lipinski definition) is 10. The van der Waals surface area contributed by atoms with Gasteiger partial charge in [0.05, 0.1) is 0 Å². The fraction of sp³-hybridized carbons (Fsp3) is 0.489. The van der Waals surface area contributed by atoms with E-state index in [0.29, 0.717) is 77.2 Å². The number of nitrogens with two attached hydrogens (primary N) is 2. The van der Waals surface area contributed by atoms with Gasteiger partial charge in [-0.25, -0.2) is 0 Å². The van der Waals surface area contributed by atoms with Gasteiger partial charge < -0.3 is 52.1 Å². The van der Waals surface area contributed by atoms with E-state index in [-0.39, 0.29) is 35.9 Å². The van der Waals surface area contributed by atoms with E-state index in [2.05, 4.69) is 27.8 Å². The molecule has 5 amide bonds. The Labute approximate surface area is 368 Å². The van der Waals surface area contributed by atoms with Crippen LogP contribution in [0.4, 0.5) is 0 Å². The van der Waals surface area contributed by atoms with Gasteiger partial charge in [-0.3, -0.25) is 24.0 Å². The van der Waals surface area contributed by atoms with Gasteiger partial charge in [-0.2, -0.15) is 0 Å². The highest BCUT2D eigenvalue weighted by molar-refractivity contribution is 5.92. The van der Waals surface area contributed by atoms with Crippen molar-refractivity contribution >= 4 is 47.1 Å². The lowest BCUT2D eigenvalue weighted by atomic mass is 9.87. The molecule has 0 aliphatic carbocycles. The zero-order chi connectivity index (χ0) is 46.9. The zero-order valence-electron chi connectivity index (χ0n) is 37.9. The normalized spacial score (nSPS) is 13.0. The number of nitrogens with one attached hydrogen (secondary N) is 4. The summed E-state index contributed by atoms with van der Waals surface area (Å²) in [6.45, 7) is 19.2. The van der Waals surface area contributed by atoms with Crippen molar-refractivity contribution in [3.63, 3.8) is 0 Å². The molecule has 15 heteroatoms. The molecular formula is C47H72N6O9. The maximum absolute atomic E-state index is 13.5. The topological polar surface area (TPSA) is 241 Å². The number of primary amides is 1. The highest BCUT2D eigenvalue weighted by Crippen LogP contribution is 2.24. The van der Waals surface area contributed by atoms with E-state index in [1.807, 2.05) is 71.0 Å². The highest BCUT2D eigenvalue weighted by Gasteiger charge is 2.42. The van der Waals surface area contributed by atoms with Crippen molar-refractivity contribution in [1.29, 1.82) is 0 Å². The number of phenols is 1. The number of unbranched alkanes of at least 4 members (excludes halogenated alkanes) is 1. The summed E-state index contributed by atoms with van der Waals surface area (Å²) in [5.41, 5.74) is 12.2. The van der Waals surface area contributed by atoms with E-state index in [9.17, 15) is 29.1 Å². The third-order valence-electron chi connectivity index (χ3n) is 9.24. The van der Waals surface area contributed by atoms with Crippen LogP contribution in [0, 0.1) is 0 Å². The minimum absolute atomic E-state index is 0.0529. The Morgan fingerprint density at radius 3 is 2.06 bits per heavy atom. The van der Waals surface area contributed by atoms with E-state index < -0.39 is 17.5 Å². The van der Waals surface area contributed by atoms with Crippen molar-refractivity contribution in [2.24, 2.45) is 11.5 Å². The highest BCUT2D eigenvalue weighted by atomic mass is 16.5. The second-order valence-corrected chi connectivity index (χ2v) is 13.9. The van der Waals surface area contributed by atoms with Gasteiger partial charge in [0, 0.05) is 65.0 Å². The average Bonchev–Trinajstić information content (AvgIpc) is 3.26.